The fourth-order valence-electron chi connectivity index (χ4n) is 1.54. The number of nitrogens with one attached hydrogen (secondary N) is 1. The van der Waals surface area contributed by atoms with Crippen LogP contribution < -0.4 is 5.32 Å². The number of alkyl halides is 3. The molecule has 0 aliphatic rings. The van der Waals surface area contributed by atoms with Gasteiger partial charge in [0.1, 0.15) is 6.04 Å². The maximum Gasteiger partial charge on any atom is 0.416 e. The molecule has 0 aliphatic heterocycles. The Bertz CT molecular complexity index is 514. The molecule has 0 saturated heterocycles. The zero-order chi connectivity index (χ0) is 14.3. The van der Waals surface area contributed by atoms with Crippen molar-refractivity contribution >= 4 is 0 Å². The van der Waals surface area contributed by atoms with Crippen molar-refractivity contribution in [2.75, 3.05) is 13.1 Å². The molecule has 1 unspecified atom stereocenters. The van der Waals surface area contributed by atoms with Crippen molar-refractivity contribution in [2.24, 2.45) is 5.11 Å². The van der Waals surface area contributed by atoms with Crippen LogP contribution in [0.2, 0.25) is 0 Å². The molecule has 0 radical (unpaired) electrons. The van der Waals surface area contributed by atoms with Gasteiger partial charge in [-0.15, -0.1) is 0 Å². The van der Waals surface area contributed by atoms with E-state index in [9.17, 15) is 13.2 Å². The second kappa shape index (κ2) is 6.64. The average molecular weight is 269 g/mol. The predicted molar refractivity (Wildman–Crippen MR) is 61.8 cm³/mol. The number of benzene rings is 1. The molecule has 8 heteroatoms. The minimum atomic E-state index is -4.52. The summed E-state index contributed by atoms with van der Waals surface area (Å²) in [6.07, 6.45) is -4.52. The number of halogens is 3. The molecule has 1 aromatic rings. The quantitative estimate of drug-likeness (QED) is 0.385. The summed E-state index contributed by atoms with van der Waals surface area (Å²) >= 11 is 0. The van der Waals surface area contributed by atoms with Crippen LogP contribution in [0.3, 0.4) is 0 Å². The Morgan fingerprint density at radius 3 is 2.68 bits per heavy atom. The van der Waals surface area contributed by atoms with E-state index in [0.29, 0.717) is 0 Å². The third kappa shape index (κ3) is 4.17. The van der Waals surface area contributed by atoms with Crippen LogP contribution in [-0.4, -0.2) is 13.1 Å². The van der Waals surface area contributed by atoms with Crippen LogP contribution in [0.25, 0.3) is 10.4 Å². The molecule has 0 saturated carbocycles. The monoisotopic (exact) mass is 269 g/mol. The molecule has 19 heavy (non-hydrogen) atoms. The zero-order valence-electron chi connectivity index (χ0n) is 9.72. The van der Waals surface area contributed by atoms with Gasteiger partial charge in [0.05, 0.1) is 11.6 Å². The van der Waals surface area contributed by atoms with Crippen molar-refractivity contribution in [3.05, 3.63) is 45.8 Å². The number of rotatable bonds is 5. The number of azide groups is 1. The average Bonchev–Trinajstić information content (AvgIpc) is 2.38. The van der Waals surface area contributed by atoms with Crippen molar-refractivity contribution in [1.29, 1.82) is 5.26 Å². The highest BCUT2D eigenvalue weighted by Crippen LogP contribution is 2.34. The molecule has 1 N–H and O–H groups in total. The summed E-state index contributed by atoms with van der Waals surface area (Å²) in [5.74, 6) is 0. The Balaban J connectivity index is 2.93. The smallest absolute Gasteiger partial charge is 0.298 e. The van der Waals surface area contributed by atoms with Crippen molar-refractivity contribution in [1.82, 2.24) is 5.32 Å². The first-order valence-electron chi connectivity index (χ1n) is 5.30. The molecule has 100 valence electrons. The van der Waals surface area contributed by atoms with Crippen LogP contribution in [0.15, 0.2) is 29.4 Å². The van der Waals surface area contributed by atoms with Crippen LogP contribution in [0.1, 0.15) is 17.2 Å². The highest BCUT2D eigenvalue weighted by molar-refractivity contribution is 5.35. The molecule has 0 fully saturated rings. The Labute approximate surface area is 107 Å². The molecule has 5 nitrogen and oxygen atoms in total. The van der Waals surface area contributed by atoms with Gasteiger partial charge in [0.2, 0.25) is 0 Å². The molecule has 0 amide bonds. The first-order valence-corrected chi connectivity index (χ1v) is 5.30. The van der Waals surface area contributed by atoms with E-state index in [1.165, 1.54) is 18.2 Å². The Morgan fingerprint density at radius 2 is 2.11 bits per heavy atom. The zero-order valence-corrected chi connectivity index (χ0v) is 9.72. The van der Waals surface area contributed by atoms with E-state index in [1.54, 1.807) is 6.07 Å². The number of hydrogen-bond donors (Lipinski definition) is 1. The van der Waals surface area contributed by atoms with Gasteiger partial charge in [-0.05, 0) is 17.2 Å². The summed E-state index contributed by atoms with van der Waals surface area (Å²) in [7, 11) is 0. The highest BCUT2D eigenvalue weighted by Gasteiger charge is 2.34. The van der Waals surface area contributed by atoms with Crippen molar-refractivity contribution in [3.8, 4) is 6.07 Å². The second-order valence-corrected chi connectivity index (χ2v) is 3.56. The SMILES string of the molecule is N#CC(NCCN=[N+]=[N-])c1ccccc1C(F)(F)F. The summed E-state index contributed by atoms with van der Waals surface area (Å²) in [5, 5.41) is 14.8. The van der Waals surface area contributed by atoms with E-state index in [-0.39, 0.29) is 18.7 Å². The number of nitrogens with zero attached hydrogens (tertiary/aromatic N) is 4. The van der Waals surface area contributed by atoms with Gasteiger partial charge in [0.25, 0.3) is 0 Å². The normalized spacial score (nSPS) is 12.3. The molecule has 0 heterocycles. The lowest BCUT2D eigenvalue weighted by atomic mass is 10.0. The van der Waals surface area contributed by atoms with Gasteiger partial charge in [-0.2, -0.15) is 18.4 Å². The van der Waals surface area contributed by atoms with Gasteiger partial charge >= 0.3 is 6.18 Å². The summed E-state index contributed by atoms with van der Waals surface area (Å²) in [4.78, 5) is 2.51. The largest absolute Gasteiger partial charge is 0.416 e. The second-order valence-electron chi connectivity index (χ2n) is 3.56. The Kier molecular flexibility index (Phi) is 5.18. The van der Waals surface area contributed by atoms with E-state index in [2.05, 4.69) is 15.3 Å². The van der Waals surface area contributed by atoms with Crippen LogP contribution in [-0.2, 0) is 6.18 Å². The molecule has 0 spiro atoms. The van der Waals surface area contributed by atoms with Gasteiger partial charge in [-0.3, -0.25) is 5.32 Å². The first-order chi connectivity index (χ1) is 9.00. The van der Waals surface area contributed by atoms with Crippen LogP contribution >= 0.6 is 0 Å². The number of nitriles is 1. The third-order valence-electron chi connectivity index (χ3n) is 2.33. The first kappa shape index (κ1) is 14.8. The van der Waals surface area contributed by atoms with Crippen molar-refractivity contribution in [3.63, 3.8) is 0 Å². The van der Waals surface area contributed by atoms with Gasteiger partial charge < -0.3 is 0 Å². The molecule has 0 aliphatic carbocycles. The summed E-state index contributed by atoms with van der Waals surface area (Å²) in [6.45, 7) is 0.178. The van der Waals surface area contributed by atoms with Gasteiger partial charge in [-0.25, -0.2) is 0 Å². The van der Waals surface area contributed by atoms with Crippen LogP contribution in [0.5, 0.6) is 0 Å². The molecule has 1 aromatic carbocycles. The van der Waals surface area contributed by atoms with Crippen molar-refractivity contribution < 1.29 is 13.2 Å². The van der Waals surface area contributed by atoms with E-state index in [0.717, 1.165) is 6.07 Å². The fraction of sp³-hybridized carbons (Fsp3) is 0.364. The third-order valence-corrected chi connectivity index (χ3v) is 2.33. The summed E-state index contributed by atoms with van der Waals surface area (Å²) in [5.41, 5.74) is 7.08. The fourth-order valence-corrected chi connectivity index (χ4v) is 1.54. The molecular formula is C11H10F3N5. The maximum absolute atomic E-state index is 12.8. The standard InChI is InChI=1S/C11H10F3N5/c12-11(13,14)9-4-2-1-3-8(9)10(7-15)17-5-6-18-19-16/h1-4,10,17H,5-6H2. The lowest BCUT2D eigenvalue weighted by Gasteiger charge is -2.17. The van der Waals surface area contributed by atoms with E-state index >= 15 is 0 Å². The highest BCUT2D eigenvalue weighted by atomic mass is 19.4. The molecular weight excluding hydrogens is 259 g/mol. The summed E-state index contributed by atoms with van der Waals surface area (Å²) in [6, 6.07) is 5.53. The Hall–Kier alpha value is -2.23. The molecule has 1 rings (SSSR count). The maximum atomic E-state index is 12.8. The van der Waals surface area contributed by atoms with E-state index in [1.807, 2.05) is 0 Å². The van der Waals surface area contributed by atoms with E-state index in [4.69, 9.17) is 10.8 Å². The lowest BCUT2D eigenvalue weighted by Crippen LogP contribution is -2.25. The van der Waals surface area contributed by atoms with Crippen LogP contribution in [0.4, 0.5) is 13.2 Å². The Morgan fingerprint density at radius 1 is 1.42 bits per heavy atom. The predicted octanol–water partition coefficient (Wildman–Crippen LogP) is 3.17. The molecule has 1 atom stereocenters. The minimum Gasteiger partial charge on any atom is -0.298 e. The minimum absolute atomic E-state index is 0.0584. The van der Waals surface area contributed by atoms with Gasteiger partial charge in [0.15, 0.2) is 0 Å². The topological polar surface area (TPSA) is 84.6 Å². The lowest BCUT2D eigenvalue weighted by molar-refractivity contribution is -0.138. The molecule has 0 aromatic heterocycles. The molecule has 0 bridgehead atoms. The van der Waals surface area contributed by atoms with Crippen LogP contribution in [0, 0.1) is 11.3 Å². The van der Waals surface area contributed by atoms with Gasteiger partial charge in [-0.1, -0.05) is 23.3 Å². The van der Waals surface area contributed by atoms with Crippen molar-refractivity contribution in [2.45, 2.75) is 12.2 Å². The van der Waals surface area contributed by atoms with Gasteiger partial charge in [0, 0.05) is 18.0 Å². The van der Waals surface area contributed by atoms with E-state index < -0.39 is 17.8 Å². The summed E-state index contributed by atoms with van der Waals surface area (Å²) < 4.78 is 38.4. The number of hydrogen-bond acceptors (Lipinski definition) is 3.